The van der Waals surface area contributed by atoms with E-state index in [0.29, 0.717) is 11.3 Å². The molecule has 1 heterocycles. The highest BCUT2D eigenvalue weighted by Crippen LogP contribution is 2.46. The van der Waals surface area contributed by atoms with Crippen molar-refractivity contribution in [1.82, 2.24) is 0 Å². The van der Waals surface area contributed by atoms with Crippen molar-refractivity contribution in [1.29, 1.82) is 0 Å². The molecular weight excluding hydrogens is 248 g/mol. The number of hydrogen-bond donors (Lipinski definition) is 0. The van der Waals surface area contributed by atoms with Gasteiger partial charge in [0, 0.05) is 16.0 Å². The van der Waals surface area contributed by atoms with Crippen LogP contribution in [0.1, 0.15) is 37.7 Å². The fourth-order valence-corrected chi connectivity index (χ4v) is 4.92. The average Bonchev–Trinajstić information content (AvgIpc) is 2.89. The van der Waals surface area contributed by atoms with Gasteiger partial charge >= 0.3 is 0 Å². The topological polar surface area (TPSA) is 0 Å². The van der Waals surface area contributed by atoms with Gasteiger partial charge in [-0.25, -0.2) is 0 Å². The van der Waals surface area contributed by atoms with Crippen molar-refractivity contribution >= 4 is 23.4 Å². The van der Waals surface area contributed by atoms with Gasteiger partial charge in [-0.1, -0.05) is 25.1 Å². The van der Waals surface area contributed by atoms with Crippen molar-refractivity contribution in [2.75, 3.05) is 5.75 Å². The quantitative estimate of drug-likeness (QED) is 0.685. The zero-order valence-corrected chi connectivity index (χ0v) is 11.8. The molecule has 0 spiro atoms. The van der Waals surface area contributed by atoms with Crippen LogP contribution in [0.25, 0.3) is 0 Å². The van der Waals surface area contributed by atoms with Gasteiger partial charge in [0.1, 0.15) is 0 Å². The second kappa shape index (κ2) is 4.85. The van der Waals surface area contributed by atoms with Gasteiger partial charge in [0.2, 0.25) is 0 Å². The van der Waals surface area contributed by atoms with E-state index in [1.807, 2.05) is 11.8 Å². The van der Waals surface area contributed by atoms with Crippen LogP contribution >= 0.6 is 23.4 Å². The Bertz CT molecular complexity index is 404. The normalized spacial score (nSPS) is 36.1. The van der Waals surface area contributed by atoms with Crippen molar-refractivity contribution in [3.63, 3.8) is 0 Å². The Morgan fingerprint density at radius 1 is 1.29 bits per heavy atom. The Hall–Kier alpha value is -0.140. The van der Waals surface area contributed by atoms with E-state index in [2.05, 4.69) is 31.2 Å². The van der Waals surface area contributed by atoms with Crippen LogP contribution in [0.5, 0.6) is 0 Å². The molecule has 2 heteroatoms. The van der Waals surface area contributed by atoms with Crippen LogP contribution in [0.3, 0.4) is 0 Å². The summed E-state index contributed by atoms with van der Waals surface area (Å²) < 4.78 is 0. The number of thioether (sulfide) groups is 1. The van der Waals surface area contributed by atoms with E-state index in [0.717, 1.165) is 11.8 Å². The van der Waals surface area contributed by atoms with Crippen molar-refractivity contribution in [3.05, 3.63) is 29.8 Å². The van der Waals surface area contributed by atoms with Crippen LogP contribution in [0.2, 0.25) is 0 Å². The number of alkyl halides is 1. The maximum Gasteiger partial charge on any atom is 0.0364 e. The van der Waals surface area contributed by atoms with Gasteiger partial charge in [-0.15, -0.1) is 23.4 Å². The Labute approximate surface area is 113 Å². The highest BCUT2D eigenvalue weighted by Gasteiger charge is 2.34. The number of hydrogen-bond acceptors (Lipinski definition) is 1. The van der Waals surface area contributed by atoms with Gasteiger partial charge in [-0.05, 0) is 48.6 Å². The predicted octanol–water partition coefficient (Wildman–Crippen LogP) is 4.92. The van der Waals surface area contributed by atoms with Crippen LogP contribution in [0, 0.1) is 11.8 Å². The number of halogens is 1. The minimum absolute atomic E-state index is 0.421. The van der Waals surface area contributed by atoms with E-state index in [-0.39, 0.29) is 0 Å². The molecule has 0 N–H and O–H groups in total. The molecule has 0 saturated heterocycles. The Morgan fingerprint density at radius 2 is 2.12 bits per heavy atom. The molecule has 17 heavy (non-hydrogen) atoms. The first kappa shape index (κ1) is 11.9. The molecule has 4 unspecified atom stereocenters. The van der Waals surface area contributed by atoms with E-state index >= 15 is 0 Å². The molecule has 0 nitrogen and oxygen atoms in total. The Kier molecular flexibility index (Phi) is 3.40. The van der Waals surface area contributed by atoms with Gasteiger partial charge in [-0.2, -0.15) is 0 Å². The minimum atomic E-state index is 0.421. The highest BCUT2D eigenvalue weighted by atomic mass is 35.5. The summed E-state index contributed by atoms with van der Waals surface area (Å²) >= 11 is 8.37. The third-order valence-corrected chi connectivity index (χ3v) is 6.38. The van der Waals surface area contributed by atoms with Crippen molar-refractivity contribution in [2.45, 2.75) is 42.4 Å². The summed E-state index contributed by atoms with van der Waals surface area (Å²) in [5.74, 6) is 3.59. The molecule has 3 rings (SSSR count). The van der Waals surface area contributed by atoms with E-state index in [1.165, 1.54) is 29.9 Å². The summed E-state index contributed by atoms with van der Waals surface area (Å²) in [7, 11) is 0. The summed E-state index contributed by atoms with van der Waals surface area (Å²) in [6.07, 6.45) is 3.89. The molecule has 92 valence electrons. The number of rotatable bonds is 2. The lowest BCUT2D eigenvalue weighted by Crippen LogP contribution is -2.14. The lowest BCUT2D eigenvalue weighted by molar-refractivity contribution is 0.372. The second-order valence-corrected chi connectivity index (χ2v) is 7.12. The molecule has 0 radical (unpaired) electrons. The summed E-state index contributed by atoms with van der Waals surface area (Å²) in [5, 5.41) is 0.421. The molecule has 1 aromatic rings. The number of benzene rings is 1. The summed E-state index contributed by atoms with van der Waals surface area (Å²) in [5.41, 5.74) is 1.59. The van der Waals surface area contributed by atoms with E-state index < -0.39 is 0 Å². The lowest BCUT2D eigenvalue weighted by atomic mass is 9.85. The SMILES string of the molecule is CC1C(Cl)CCC1CC1CSc2ccccc21. The molecule has 0 amide bonds. The largest absolute Gasteiger partial charge is 0.125 e. The first-order valence-electron chi connectivity index (χ1n) is 6.61. The fraction of sp³-hybridized carbons (Fsp3) is 0.600. The monoisotopic (exact) mass is 266 g/mol. The molecule has 2 aliphatic rings. The highest BCUT2D eigenvalue weighted by molar-refractivity contribution is 7.99. The Morgan fingerprint density at radius 3 is 2.88 bits per heavy atom. The van der Waals surface area contributed by atoms with Crippen LogP contribution in [0.4, 0.5) is 0 Å². The molecule has 0 bridgehead atoms. The molecule has 0 aromatic heterocycles. The minimum Gasteiger partial charge on any atom is -0.125 e. The molecule has 1 aliphatic carbocycles. The maximum absolute atomic E-state index is 6.34. The fourth-order valence-electron chi connectivity index (χ4n) is 3.32. The first-order chi connectivity index (χ1) is 8.25. The third-order valence-electron chi connectivity index (χ3n) is 4.51. The summed E-state index contributed by atoms with van der Waals surface area (Å²) in [6, 6.07) is 8.92. The summed E-state index contributed by atoms with van der Waals surface area (Å²) in [6.45, 7) is 2.34. The van der Waals surface area contributed by atoms with E-state index in [9.17, 15) is 0 Å². The van der Waals surface area contributed by atoms with Gasteiger partial charge in [0.25, 0.3) is 0 Å². The Balaban J connectivity index is 1.72. The molecule has 4 atom stereocenters. The van der Waals surface area contributed by atoms with Gasteiger partial charge in [0.05, 0.1) is 0 Å². The smallest absolute Gasteiger partial charge is 0.0364 e. The van der Waals surface area contributed by atoms with Crippen molar-refractivity contribution in [2.24, 2.45) is 11.8 Å². The third kappa shape index (κ3) is 2.24. The summed E-state index contributed by atoms with van der Waals surface area (Å²) in [4.78, 5) is 1.51. The molecule has 1 aromatic carbocycles. The van der Waals surface area contributed by atoms with Crippen molar-refractivity contribution in [3.8, 4) is 0 Å². The van der Waals surface area contributed by atoms with Gasteiger partial charge in [-0.3, -0.25) is 0 Å². The lowest BCUT2D eigenvalue weighted by Gasteiger charge is -2.21. The van der Waals surface area contributed by atoms with Crippen LogP contribution in [-0.2, 0) is 0 Å². The predicted molar refractivity (Wildman–Crippen MR) is 76.1 cm³/mol. The van der Waals surface area contributed by atoms with Crippen LogP contribution in [-0.4, -0.2) is 11.1 Å². The number of fused-ring (bicyclic) bond motifs is 1. The first-order valence-corrected chi connectivity index (χ1v) is 8.03. The molecule has 1 saturated carbocycles. The van der Waals surface area contributed by atoms with E-state index in [1.54, 1.807) is 5.56 Å². The van der Waals surface area contributed by atoms with Crippen molar-refractivity contribution < 1.29 is 0 Å². The molecule has 1 fully saturated rings. The van der Waals surface area contributed by atoms with Gasteiger partial charge in [0.15, 0.2) is 0 Å². The average molecular weight is 267 g/mol. The van der Waals surface area contributed by atoms with E-state index in [4.69, 9.17) is 11.6 Å². The zero-order valence-electron chi connectivity index (χ0n) is 10.2. The molecular formula is C15H19ClS. The molecule has 1 aliphatic heterocycles. The maximum atomic E-state index is 6.34. The van der Waals surface area contributed by atoms with Crippen LogP contribution < -0.4 is 0 Å². The second-order valence-electron chi connectivity index (χ2n) is 5.49. The van der Waals surface area contributed by atoms with Gasteiger partial charge < -0.3 is 0 Å². The zero-order chi connectivity index (χ0) is 11.8. The standard InChI is InChI=1S/C15H19ClS/c1-10-11(6-7-14(10)16)8-12-9-17-15-5-3-2-4-13(12)15/h2-5,10-12,14H,6-9H2,1H3. The van der Waals surface area contributed by atoms with Crippen LogP contribution in [0.15, 0.2) is 29.2 Å².